The molecule has 1 aromatic carbocycles. The Balaban J connectivity index is 1.94. The van der Waals surface area contributed by atoms with Crippen LogP contribution < -0.4 is 11.1 Å². The number of para-hydroxylation sites is 2. The molecule has 5 heteroatoms. The lowest BCUT2D eigenvalue weighted by Gasteiger charge is -2.36. The first-order valence-corrected chi connectivity index (χ1v) is 7.62. The van der Waals surface area contributed by atoms with Crippen molar-refractivity contribution in [1.29, 1.82) is 0 Å². The number of aliphatic hydroxyl groups excluding tert-OH is 1. The van der Waals surface area contributed by atoms with Crippen molar-refractivity contribution in [2.45, 2.75) is 32.2 Å². The predicted molar refractivity (Wildman–Crippen MR) is 84.9 cm³/mol. The Morgan fingerprint density at radius 3 is 3.00 bits per heavy atom. The van der Waals surface area contributed by atoms with Crippen LogP contribution in [0.3, 0.4) is 0 Å². The Kier molecular flexibility index (Phi) is 5.59. The van der Waals surface area contributed by atoms with Crippen LogP contribution in [-0.4, -0.2) is 41.7 Å². The molecule has 5 nitrogen and oxygen atoms in total. The van der Waals surface area contributed by atoms with Gasteiger partial charge in [0.25, 0.3) is 0 Å². The molecule has 1 aromatic rings. The van der Waals surface area contributed by atoms with Crippen LogP contribution in [0, 0.1) is 5.92 Å². The molecule has 2 unspecified atom stereocenters. The fourth-order valence-electron chi connectivity index (χ4n) is 2.88. The Bertz CT molecular complexity index is 476. The van der Waals surface area contributed by atoms with Crippen LogP contribution in [0.5, 0.6) is 0 Å². The summed E-state index contributed by atoms with van der Waals surface area (Å²) in [5, 5.41) is 12.0. The average Bonchev–Trinajstić information content (AvgIpc) is 2.49. The zero-order valence-corrected chi connectivity index (χ0v) is 12.6. The van der Waals surface area contributed by atoms with Gasteiger partial charge in [-0.2, -0.15) is 0 Å². The molecule has 2 atom stereocenters. The van der Waals surface area contributed by atoms with E-state index in [2.05, 4.69) is 10.2 Å². The van der Waals surface area contributed by atoms with Gasteiger partial charge in [-0.15, -0.1) is 0 Å². The molecule has 116 valence electrons. The van der Waals surface area contributed by atoms with Gasteiger partial charge in [-0.05, 0) is 50.8 Å². The molecule has 0 radical (unpaired) electrons. The van der Waals surface area contributed by atoms with Gasteiger partial charge in [0, 0.05) is 13.2 Å². The van der Waals surface area contributed by atoms with E-state index in [0.29, 0.717) is 17.3 Å². The second-order valence-electron chi connectivity index (χ2n) is 5.77. The number of aliphatic hydroxyl groups is 1. The number of likely N-dealkylation sites (tertiary alicyclic amines) is 1. The lowest BCUT2D eigenvalue weighted by molar-refractivity contribution is -0.121. The van der Waals surface area contributed by atoms with Crippen LogP contribution in [-0.2, 0) is 4.79 Å². The highest BCUT2D eigenvalue weighted by Gasteiger charge is 2.27. The van der Waals surface area contributed by atoms with E-state index >= 15 is 0 Å². The van der Waals surface area contributed by atoms with Crippen molar-refractivity contribution in [2.75, 3.05) is 30.7 Å². The minimum Gasteiger partial charge on any atom is -0.397 e. The van der Waals surface area contributed by atoms with Gasteiger partial charge in [0.05, 0.1) is 17.4 Å². The molecule has 0 saturated carbocycles. The van der Waals surface area contributed by atoms with Crippen molar-refractivity contribution < 1.29 is 9.90 Å². The Labute approximate surface area is 126 Å². The zero-order valence-electron chi connectivity index (χ0n) is 12.6. The summed E-state index contributed by atoms with van der Waals surface area (Å²) in [5.41, 5.74) is 7.10. The summed E-state index contributed by atoms with van der Waals surface area (Å²) < 4.78 is 0. The molecule has 4 N–H and O–H groups in total. The van der Waals surface area contributed by atoms with Gasteiger partial charge in [-0.25, -0.2) is 0 Å². The standard InChI is InChI=1S/C16H25N3O2/c1-12(19-9-4-5-13(11-19)8-10-20)16(21)18-15-7-3-2-6-14(15)17/h2-3,6-7,12-13,20H,4-5,8-11,17H2,1H3,(H,18,21). The van der Waals surface area contributed by atoms with Gasteiger partial charge < -0.3 is 16.2 Å². The number of carbonyl (C=O) groups excluding carboxylic acids is 1. The number of nitrogens with one attached hydrogen (secondary N) is 1. The minimum absolute atomic E-state index is 0.0300. The van der Waals surface area contributed by atoms with Crippen molar-refractivity contribution >= 4 is 17.3 Å². The van der Waals surface area contributed by atoms with E-state index in [-0.39, 0.29) is 18.6 Å². The lowest BCUT2D eigenvalue weighted by atomic mass is 9.94. The van der Waals surface area contributed by atoms with Crippen molar-refractivity contribution in [3.63, 3.8) is 0 Å². The summed E-state index contributed by atoms with van der Waals surface area (Å²) in [5.74, 6) is 0.457. The van der Waals surface area contributed by atoms with Crippen LogP contribution in [0.15, 0.2) is 24.3 Å². The van der Waals surface area contributed by atoms with Gasteiger partial charge in [-0.3, -0.25) is 9.69 Å². The topological polar surface area (TPSA) is 78.6 Å². The van der Waals surface area contributed by atoms with E-state index in [4.69, 9.17) is 10.8 Å². The number of hydrogen-bond donors (Lipinski definition) is 3. The molecule has 1 amide bonds. The van der Waals surface area contributed by atoms with E-state index < -0.39 is 0 Å². The zero-order chi connectivity index (χ0) is 15.2. The van der Waals surface area contributed by atoms with Crippen molar-refractivity contribution in [3.05, 3.63) is 24.3 Å². The third-order valence-corrected chi connectivity index (χ3v) is 4.23. The van der Waals surface area contributed by atoms with E-state index in [0.717, 1.165) is 32.4 Å². The summed E-state index contributed by atoms with van der Waals surface area (Å²) in [4.78, 5) is 14.6. The molecule has 0 aromatic heterocycles. The molecule has 1 saturated heterocycles. The van der Waals surface area contributed by atoms with Gasteiger partial charge in [0.2, 0.25) is 5.91 Å². The van der Waals surface area contributed by atoms with E-state index in [1.165, 1.54) is 0 Å². The largest absolute Gasteiger partial charge is 0.397 e. The summed E-state index contributed by atoms with van der Waals surface area (Å²) in [6, 6.07) is 7.10. The Hall–Kier alpha value is -1.59. The summed E-state index contributed by atoms with van der Waals surface area (Å²) in [6.45, 7) is 3.95. The van der Waals surface area contributed by atoms with Gasteiger partial charge in [0.15, 0.2) is 0 Å². The summed E-state index contributed by atoms with van der Waals surface area (Å²) in [6.07, 6.45) is 3.03. The predicted octanol–water partition coefficient (Wildman–Crippen LogP) is 1.69. The van der Waals surface area contributed by atoms with Crippen molar-refractivity contribution in [2.24, 2.45) is 5.92 Å². The van der Waals surface area contributed by atoms with Crippen LogP contribution in [0.4, 0.5) is 11.4 Å². The number of hydrogen-bond acceptors (Lipinski definition) is 4. The number of nitrogens with zero attached hydrogens (tertiary/aromatic N) is 1. The molecular weight excluding hydrogens is 266 g/mol. The third kappa shape index (κ3) is 4.19. The Morgan fingerprint density at radius 2 is 2.29 bits per heavy atom. The molecule has 0 bridgehead atoms. The first kappa shape index (κ1) is 15.8. The first-order valence-electron chi connectivity index (χ1n) is 7.62. The fourth-order valence-corrected chi connectivity index (χ4v) is 2.88. The number of benzene rings is 1. The molecule has 0 spiro atoms. The average molecular weight is 291 g/mol. The highest BCUT2D eigenvalue weighted by molar-refractivity contribution is 5.97. The summed E-state index contributed by atoms with van der Waals surface area (Å²) >= 11 is 0. The maximum atomic E-state index is 12.4. The van der Waals surface area contributed by atoms with E-state index in [1.54, 1.807) is 6.07 Å². The SMILES string of the molecule is CC(C(=O)Nc1ccccc1N)N1CCCC(CCO)C1. The molecular formula is C16H25N3O2. The van der Waals surface area contributed by atoms with E-state index in [9.17, 15) is 4.79 Å². The number of piperidine rings is 1. The van der Waals surface area contributed by atoms with Crippen molar-refractivity contribution in [1.82, 2.24) is 4.90 Å². The fraction of sp³-hybridized carbons (Fsp3) is 0.562. The normalized spacial score (nSPS) is 21.0. The lowest BCUT2D eigenvalue weighted by Crippen LogP contribution is -2.47. The first-order chi connectivity index (χ1) is 10.1. The van der Waals surface area contributed by atoms with Crippen LogP contribution in [0.2, 0.25) is 0 Å². The molecule has 1 aliphatic rings. The van der Waals surface area contributed by atoms with Gasteiger partial charge in [0.1, 0.15) is 0 Å². The molecule has 2 rings (SSSR count). The number of rotatable bonds is 5. The van der Waals surface area contributed by atoms with Gasteiger partial charge in [-0.1, -0.05) is 12.1 Å². The molecule has 1 heterocycles. The number of anilines is 2. The number of nitrogen functional groups attached to an aromatic ring is 1. The van der Waals surface area contributed by atoms with Crippen molar-refractivity contribution in [3.8, 4) is 0 Å². The second kappa shape index (κ2) is 7.43. The second-order valence-corrected chi connectivity index (χ2v) is 5.77. The monoisotopic (exact) mass is 291 g/mol. The van der Waals surface area contributed by atoms with Crippen LogP contribution in [0.1, 0.15) is 26.2 Å². The molecule has 1 aliphatic heterocycles. The molecule has 0 aliphatic carbocycles. The minimum atomic E-state index is -0.189. The number of nitrogens with two attached hydrogens (primary N) is 1. The Morgan fingerprint density at radius 1 is 1.52 bits per heavy atom. The third-order valence-electron chi connectivity index (χ3n) is 4.23. The summed E-state index contributed by atoms with van der Waals surface area (Å²) in [7, 11) is 0. The molecule has 21 heavy (non-hydrogen) atoms. The number of amides is 1. The number of carbonyl (C=O) groups is 1. The quantitative estimate of drug-likeness (QED) is 0.721. The van der Waals surface area contributed by atoms with E-state index in [1.807, 2.05) is 25.1 Å². The van der Waals surface area contributed by atoms with Crippen LogP contribution in [0.25, 0.3) is 0 Å². The highest BCUT2D eigenvalue weighted by atomic mass is 16.3. The maximum Gasteiger partial charge on any atom is 0.241 e. The molecule has 1 fully saturated rings. The maximum absolute atomic E-state index is 12.4. The highest BCUT2D eigenvalue weighted by Crippen LogP contribution is 2.22. The van der Waals surface area contributed by atoms with Crippen LogP contribution >= 0.6 is 0 Å². The smallest absolute Gasteiger partial charge is 0.241 e. The van der Waals surface area contributed by atoms with Gasteiger partial charge >= 0.3 is 0 Å².